The summed E-state index contributed by atoms with van der Waals surface area (Å²) in [4.78, 5) is 0. The van der Waals surface area contributed by atoms with Gasteiger partial charge in [0.25, 0.3) is 0 Å². The summed E-state index contributed by atoms with van der Waals surface area (Å²) in [6.07, 6.45) is 8.87. The fraction of sp³-hybridized carbons (Fsp3) is 0.727. The smallest absolute Gasteiger partial charge is 0.174 e. The number of ether oxygens (including phenoxy) is 2. The Hall–Kier alpha value is -0.740. The van der Waals surface area contributed by atoms with Crippen molar-refractivity contribution < 1.29 is 9.47 Å². The summed E-state index contributed by atoms with van der Waals surface area (Å²) in [5, 5.41) is 3.87. The van der Waals surface area contributed by atoms with Crippen molar-refractivity contribution in [3.8, 4) is 11.5 Å². The van der Waals surface area contributed by atoms with E-state index in [-0.39, 0.29) is 0 Å². The highest BCUT2D eigenvalue weighted by molar-refractivity contribution is 9.10. The van der Waals surface area contributed by atoms with E-state index in [1.165, 1.54) is 44.1 Å². The summed E-state index contributed by atoms with van der Waals surface area (Å²) in [5.74, 6) is 4.62. The molecule has 144 valence electrons. The third-order valence-corrected chi connectivity index (χ3v) is 7.78. The molecule has 4 bridgehead atoms. The van der Waals surface area contributed by atoms with Gasteiger partial charge in [-0.2, -0.15) is 0 Å². The van der Waals surface area contributed by atoms with Gasteiger partial charge in [-0.15, -0.1) is 0 Å². The van der Waals surface area contributed by atoms with Gasteiger partial charge in [0.15, 0.2) is 11.5 Å². The maximum absolute atomic E-state index is 5.77. The molecule has 0 aliphatic heterocycles. The minimum atomic E-state index is 0.543. The van der Waals surface area contributed by atoms with Crippen LogP contribution in [0.4, 0.5) is 0 Å². The molecule has 1 unspecified atom stereocenters. The van der Waals surface area contributed by atoms with Crippen LogP contribution in [0.5, 0.6) is 11.5 Å². The molecule has 0 saturated heterocycles. The zero-order valence-electron chi connectivity index (χ0n) is 16.3. The van der Waals surface area contributed by atoms with Crippen LogP contribution in [-0.2, 0) is 6.54 Å². The van der Waals surface area contributed by atoms with E-state index < -0.39 is 0 Å². The fourth-order valence-corrected chi connectivity index (χ4v) is 7.03. The molecule has 0 radical (unpaired) electrons. The van der Waals surface area contributed by atoms with Gasteiger partial charge in [0, 0.05) is 12.6 Å². The Bertz CT molecular complexity index is 625. The van der Waals surface area contributed by atoms with Gasteiger partial charge in [-0.25, -0.2) is 0 Å². The van der Waals surface area contributed by atoms with Gasteiger partial charge in [-0.05, 0) is 109 Å². The highest BCUT2D eigenvalue weighted by Crippen LogP contribution is 2.61. The minimum Gasteiger partial charge on any atom is -0.492 e. The average molecular weight is 422 g/mol. The predicted molar refractivity (Wildman–Crippen MR) is 109 cm³/mol. The summed E-state index contributed by atoms with van der Waals surface area (Å²) in [6, 6.07) is 4.85. The quantitative estimate of drug-likeness (QED) is 0.625. The van der Waals surface area contributed by atoms with Crippen molar-refractivity contribution in [3.63, 3.8) is 0 Å². The number of hydrogen-bond acceptors (Lipinski definition) is 3. The molecule has 4 saturated carbocycles. The molecule has 3 nitrogen and oxygen atoms in total. The second kappa shape index (κ2) is 7.35. The van der Waals surface area contributed by atoms with E-state index in [1.807, 2.05) is 6.92 Å². The zero-order valence-corrected chi connectivity index (χ0v) is 17.9. The van der Waals surface area contributed by atoms with Gasteiger partial charge in [0.2, 0.25) is 0 Å². The standard InChI is InChI=1S/C22H32BrNO2/c1-4-26-20-9-18(8-19(23)21(20)25-3)13-24-14(2)22-10-15-5-16(11-22)7-17(6-15)12-22/h8-9,14-17,24H,4-7,10-13H2,1-3H3. The molecule has 0 amide bonds. The van der Waals surface area contributed by atoms with E-state index in [9.17, 15) is 0 Å². The lowest BCUT2D eigenvalue weighted by molar-refractivity contribution is -0.0706. The Labute approximate surface area is 166 Å². The second-order valence-electron chi connectivity index (χ2n) is 8.92. The van der Waals surface area contributed by atoms with Crippen LogP contribution in [0.3, 0.4) is 0 Å². The van der Waals surface area contributed by atoms with E-state index in [1.54, 1.807) is 7.11 Å². The molecular formula is C22H32BrNO2. The van der Waals surface area contributed by atoms with Crippen LogP contribution in [0.2, 0.25) is 0 Å². The Kier molecular flexibility index (Phi) is 5.26. The van der Waals surface area contributed by atoms with Crippen LogP contribution < -0.4 is 14.8 Å². The number of rotatable bonds is 7. The van der Waals surface area contributed by atoms with E-state index >= 15 is 0 Å². The number of hydrogen-bond donors (Lipinski definition) is 1. The van der Waals surface area contributed by atoms with Crippen LogP contribution in [-0.4, -0.2) is 19.8 Å². The van der Waals surface area contributed by atoms with Gasteiger partial charge in [0.1, 0.15) is 0 Å². The van der Waals surface area contributed by atoms with Crippen LogP contribution in [0, 0.1) is 23.2 Å². The van der Waals surface area contributed by atoms with Crippen molar-refractivity contribution in [2.45, 2.75) is 65.0 Å². The molecule has 4 heteroatoms. The molecule has 4 fully saturated rings. The summed E-state index contributed by atoms with van der Waals surface area (Å²) < 4.78 is 12.2. The molecule has 0 spiro atoms. The molecule has 26 heavy (non-hydrogen) atoms. The minimum absolute atomic E-state index is 0.543. The molecule has 5 rings (SSSR count). The van der Waals surface area contributed by atoms with Crippen molar-refractivity contribution in [1.29, 1.82) is 0 Å². The fourth-order valence-electron chi connectivity index (χ4n) is 6.38. The van der Waals surface area contributed by atoms with E-state index in [4.69, 9.17) is 9.47 Å². The van der Waals surface area contributed by atoms with E-state index in [0.717, 1.165) is 40.3 Å². The van der Waals surface area contributed by atoms with Gasteiger partial charge in [-0.1, -0.05) is 0 Å². The number of nitrogens with one attached hydrogen (secondary N) is 1. The van der Waals surface area contributed by atoms with Crippen LogP contribution >= 0.6 is 15.9 Å². The molecule has 0 aromatic heterocycles. The van der Waals surface area contributed by atoms with Crippen molar-refractivity contribution in [2.75, 3.05) is 13.7 Å². The lowest BCUT2D eigenvalue weighted by Gasteiger charge is -2.59. The molecule has 4 aliphatic carbocycles. The molecular weight excluding hydrogens is 390 g/mol. The molecule has 1 aromatic rings. The average Bonchev–Trinajstić information content (AvgIpc) is 2.58. The third kappa shape index (κ3) is 3.40. The van der Waals surface area contributed by atoms with Crippen molar-refractivity contribution >= 4 is 15.9 Å². The van der Waals surface area contributed by atoms with Crippen LogP contribution in [0.15, 0.2) is 16.6 Å². The monoisotopic (exact) mass is 421 g/mol. The number of methoxy groups -OCH3 is 1. The van der Waals surface area contributed by atoms with E-state index in [2.05, 4.69) is 40.3 Å². The highest BCUT2D eigenvalue weighted by atomic mass is 79.9. The Morgan fingerprint density at radius 3 is 2.31 bits per heavy atom. The predicted octanol–water partition coefficient (Wildman–Crippen LogP) is 5.55. The normalized spacial score (nSPS) is 33.3. The lowest BCUT2D eigenvalue weighted by atomic mass is 9.48. The summed E-state index contributed by atoms with van der Waals surface area (Å²) in [7, 11) is 1.69. The maximum Gasteiger partial charge on any atom is 0.174 e. The Morgan fingerprint density at radius 2 is 1.77 bits per heavy atom. The highest BCUT2D eigenvalue weighted by Gasteiger charge is 2.52. The van der Waals surface area contributed by atoms with Crippen molar-refractivity contribution in [1.82, 2.24) is 5.32 Å². The largest absolute Gasteiger partial charge is 0.492 e. The van der Waals surface area contributed by atoms with Gasteiger partial charge < -0.3 is 14.8 Å². The molecule has 1 aromatic carbocycles. The summed E-state index contributed by atoms with van der Waals surface area (Å²) in [5.41, 5.74) is 1.79. The maximum atomic E-state index is 5.77. The first-order valence-electron chi connectivity index (χ1n) is 10.3. The van der Waals surface area contributed by atoms with Gasteiger partial charge >= 0.3 is 0 Å². The molecule has 0 heterocycles. The third-order valence-electron chi connectivity index (χ3n) is 7.19. The van der Waals surface area contributed by atoms with Gasteiger partial charge in [0.05, 0.1) is 18.2 Å². The SMILES string of the molecule is CCOc1cc(CNC(C)C23CC4CC(CC(C4)C2)C3)cc(Br)c1OC. The topological polar surface area (TPSA) is 30.5 Å². The number of benzene rings is 1. The van der Waals surface area contributed by atoms with E-state index in [0.29, 0.717) is 18.1 Å². The van der Waals surface area contributed by atoms with Crippen LogP contribution in [0.25, 0.3) is 0 Å². The first-order valence-corrected chi connectivity index (χ1v) is 11.0. The Balaban J connectivity index is 1.45. The lowest BCUT2D eigenvalue weighted by Crippen LogP contribution is -2.54. The molecule has 4 aliphatic rings. The first-order chi connectivity index (χ1) is 12.5. The Morgan fingerprint density at radius 1 is 1.15 bits per heavy atom. The second-order valence-corrected chi connectivity index (χ2v) is 9.78. The first kappa shape index (κ1) is 18.6. The number of halogens is 1. The summed E-state index contributed by atoms with van der Waals surface area (Å²) in [6.45, 7) is 5.96. The van der Waals surface area contributed by atoms with Crippen molar-refractivity contribution in [3.05, 3.63) is 22.2 Å². The van der Waals surface area contributed by atoms with Crippen molar-refractivity contribution in [2.24, 2.45) is 23.2 Å². The van der Waals surface area contributed by atoms with Gasteiger partial charge in [-0.3, -0.25) is 0 Å². The summed E-state index contributed by atoms with van der Waals surface area (Å²) >= 11 is 3.63. The zero-order chi connectivity index (χ0) is 18.3. The molecule has 1 atom stereocenters. The van der Waals surface area contributed by atoms with Crippen LogP contribution in [0.1, 0.15) is 57.9 Å². The molecule has 1 N–H and O–H groups in total.